The number of phenols is 4. The van der Waals surface area contributed by atoms with Gasteiger partial charge in [-0.2, -0.15) is 13.2 Å². The number of aromatic hydroxyl groups is 4. The topological polar surface area (TPSA) is 240 Å². The summed E-state index contributed by atoms with van der Waals surface area (Å²) >= 11 is 0. The molecule has 17 heteroatoms. The molecule has 3 aromatic carbocycles. The van der Waals surface area contributed by atoms with E-state index in [0.29, 0.717) is 19.4 Å². The Bertz CT molecular complexity index is 1650. The van der Waals surface area contributed by atoms with Gasteiger partial charge in [0.1, 0.15) is 34.7 Å². The predicted octanol–water partition coefficient (Wildman–Crippen LogP) is 2.78. The number of carboxylic acids is 2. The maximum atomic E-state index is 13.0. The number of ether oxygens (including phenoxy) is 1. The molecule has 0 saturated carbocycles. The lowest BCUT2D eigenvalue weighted by molar-refractivity contribution is -0.192. The lowest BCUT2D eigenvalue weighted by Crippen LogP contribution is -2.49. The third kappa shape index (κ3) is 9.10. The summed E-state index contributed by atoms with van der Waals surface area (Å²) in [4.78, 5) is 59.2. The Balaban J connectivity index is 0.000000771. The Morgan fingerprint density at radius 1 is 0.830 bits per heavy atom. The zero-order chi connectivity index (χ0) is 35.1. The molecule has 250 valence electrons. The van der Waals surface area contributed by atoms with Gasteiger partial charge in [0.15, 0.2) is 0 Å². The minimum atomic E-state index is -5.08. The number of amides is 1. The summed E-state index contributed by atoms with van der Waals surface area (Å²) < 4.78 is 37.4. The molecule has 0 bridgehead atoms. The van der Waals surface area contributed by atoms with Crippen molar-refractivity contribution in [1.29, 1.82) is 0 Å². The number of nitrogens with one attached hydrogen (secondary N) is 2. The van der Waals surface area contributed by atoms with Crippen LogP contribution in [0.15, 0.2) is 54.6 Å². The molecule has 14 nitrogen and oxygen atoms in total. The van der Waals surface area contributed by atoms with E-state index in [1.54, 1.807) is 0 Å². The Morgan fingerprint density at radius 2 is 1.43 bits per heavy atom. The average molecular weight is 665 g/mol. The summed E-state index contributed by atoms with van der Waals surface area (Å²) in [6, 6.07) is 10.1. The number of alkyl halides is 3. The van der Waals surface area contributed by atoms with E-state index in [2.05, 4.69) is 10.6 Å². The summed E-state index contributed by atoms with van der Waals surface area (Å²) in [6.45, 7) is 0.904. The molecular formula is C30H27F3N2O12. The molecule has 0 radical (unpaired) electrons. The SMILES string of the molecule is O=C(NC1CNCCCC1OC(=O)c1cc(O)c(C(=O)c2c(O)cccc2C(=O)O)c(O)c1)c1ccc(O)cc1.O=C(O)C(F)(F)F. The van der Waals surface area contributed by atoms with Crippen molar-refractivity contribution in [1.82, 2.24) is 10.6 Å². The van der Waals surface area contributed by atoms with Crippen LogP contribution in [0.25, 0.3) is 0 Å². The van der Waals surface area contributed by atoms with E-state index in [9.17, 15) is 57.9 Å². The molecule has 0 spiro atoms. The zero-order valence-electron chi connectivity index (χ0n) is 23.9. The second-order valence-corrected chi connectivity index (χ2v) is 9.94. The first-order valence-electron chi connectivity index (χ1n) is 13.5. The highest BCUT2D eigenvalue weighted by molar-refractivity contribution is 6.18. The molecule has 1 heterocycles. The molecule has 4 rings (SSSR count). The second-order valence-electron chi connectivity index (χ2n) is 9.94. The molecule has 1 fully saturated rings. The van der Waals surface area contributed by atoms with Crippen LogP contribution in [0.2, 0.25) is 0 Å². The van der Waals surface area contributed by atoms with Gasteiger partial charge in [0.25, 0.3) is 5.91 Å². The minimum absolute atomic E-state index is 0.00149. The number of benzene rings is 3. The fraction of sp³-hybridized carbons (Fsp3) is 0.233. The van der Waals surface area contributed by atoms with E-state index in [1.807, 2.05) is 0 Å². The number of ketones is 1. The Hall–Kier alpha value is -5.84. The van der Waals surface area contributed by atoms with Crippen molar-refractivity contribution in [2.45, 2.75) is 31.2 Å². The van der Waals surface area contributed by atoms with Crippen LogP contribution in [0.1, 0.15) is 59.8 Å². The Kier molecular flexibility index (Phi) is 11.3. The van der Waals surface area contributed by atoms with Crippen LogP contribution in [-0.2, 0) is 9.53 Å². The fourth-order valence-electron chi connectivity index (χ4n) is 4.42. The highest BCUT2D eigenvalue weighted by Crippen LogP contribution is 2.35. The Labute approximate surface area is 262 Å². The fourth-order valence-corrected chi connectivity index (χ4v) is 4.42. The van der Waals surface area contributed by atoms with Gasteiger partial charge in [0.05, 0.1) is 22.7 Å². The normalized spacial score (nSPS) is 16.1. The van der Waals surface area contributed by atoms with Crippen LogP contribution in [0, 0.1) is 0 Å². The van der Waals surface area contributed by atoms with Crippen LogP contribution in [0.3, 0.4) is 0 Å². The lowest BCUT2D eigenvalue weighted by atomic mass is 9.95. The van der Waals surface area contributed by atoms with Crippen molar-refractivity contribution in [3.05, 3.63) is 82.4 Å². The van der Waals surface area contributed by atoms with Gasteiger partial charge in [0, 0.05) is 12.1 Å². The van der Waals surface area contributed by atoms with E-state index < -0.39 is 81.9 Å². The number of halogens is 3. The Morgan fingerprint density at radius 3 is 1.98 bits per heavy atom. The number of carbonyl (C=O) groups excluding carboxylic acids is 3. The maximum absolute atomic E-state index is 13.0. The summed E-state index contributed by atoms with van der Waals surface area (Å²) in [5.74, 6) is -9.18. The van der Waals surface area contributed by atoms with Crippen LogP contribution >= 0.6 is 0 Å². The summed E-state index contributed by atoms with van der Waals surface area (Å²) in [7, 11) is 0. The minimum Gasteiger partial charge on any atom is -0.508 e. The molecule has 1 aliphatic heterocycles. The van der Waals surface area contributed by atoms with Gasteiger partial charge in [-0.25, -0.2) is 14.4 Å². The summed E-state index contributed by atoms with van der Waals surface area (Å²) in [5, 5.41) is 63.1. The quantitative estimate of drug-likeness (QED) is 0.134. The molecular weight excluding hydrogens is 637 g/mol. The third-order valence-electron chi connectivity index (χ3n) is 6.66. The zero-order valence-corrected chi connectivity index (χ0v) is 23.9. The van der Waals surface area contributed by atoms with Gasteiger partial charge in [-0.15, -0.1) is 0 Å². The van der Waals surface area contributed by atoms with Gasteiger partial charge in [-0.1, -0.05) is 6.07 Å². The number of esters is 1. The molecule has 47 heavy (non-hydrogen) atoms. The highest BCUT2D eigenvalue weighted by Gasteiger charge is 2.38. The van der Waals surface area contributed by atoms with Gasteiger partial charge in [-0.05, 0) is 67.9 Å². The smallest absolute Gasteiger partial charge is 0.490 e. The number of carboxylic acid groups (broad SMARTS) is 2. The molecule has 3 aromatic rings. The second kappa shape index (κ2) is 15.0. The van der Waals surface area contributed by atoms with E-state index in [1.165, 1.54) is 30.3 Å². The maximum Gasteiger partial charge on any atom is 0.490 e. The average Bonchev–Trinajstić information content (AvgIpc) is 3.21. The molecule has 1 amide bonds. The summed E-state index contributed by atoms with van der Waals surface area (Å²) in [5.41, 5.74) is -1.91. The van der Waals surface area contributed by atoms with E-state index >= 15 is 0 Å². The lowest BCUT2D eigenvalue weighted by Gasteiger charge is -2.26. The van der Waals surface area contributed by atoms with Crippen LogP contribution in [-0.4, -0.2) is 91.6 Å². The number of aliphatic carboxylic acids is 1. The van der Waals surface area contributed by atoms with Crippen molar-refractivity contribution < 1.29 is 72.5 Å². The first kappa shape index (κ1) is 35.6. The third-order valence-corrected chi connectivity index (χ3v) is 6.66. The molecule has 1 saturated heterocycles. The van der Waals surface area contributed by atoms with Gasteiger partial charge in [-0.3, -0.25) is 9.59 Å². The predicted molar refractivity (Wildman–Crippen MR) is 153 cm³/mol. The van der Waals surface area contributed by atoms with Gasteiger partial charge < -0.3 is 46.0 Å². The molecule has 0 aliphatic carbocycles. The van der Waals surface area contributed by atoms with E-state index in [4.69, 9.17) is 14.6 Å². The van der Waals surface area contributed by atoms with Crippen molar-refractivity contribution in [3.63, 3.8) is 0 Å². The van der Waals surface area contributed by atoms with Crippen LogP contribution in [0.4, 0.5) is 13.2 Å². The largest absolute Gasteiger partial charge is 0.508 e. The van der Waals surface area contributed by atoms with Crippen molar-refractivity contribution in [2.24, 2.45) is 0 Å². The monoisotopic (exact) mass is 664 g/mol. The van der Waals surface area contributed by atoms with Gasteiger partial charge >= 0.3 is 24.1 Å². The van der Waals surface area contributed by atoms with Crippen molar-refractivity contribution >= 4 is 29.6 Å². The van der Waals surface area contributed by atoms with Gasteiger partial charge in [0.2, 0.25) is 5.78 Å². The number of aromatic carboxylic acids is 1. The van der Waals surface area contributed by atoms with Crippen molar-refractivity contribution in [3.8, 4) is 23.0 Å². The number of carbonyl (C=O) groups is 5. The molecule has 8 N–H and O–H groups in total. The molecule has 2 atom stereocenters. The number of rotatable bonds is 7. The highest BCUT2D eigenvalue weighted by atomic mass is 19.4. The van der Waals surface area contributed by atoms with E-state index in [0.717, 1.165) is 24.3 Å². The number of hydrogen-bond donors (Lipinski definition) is 8. The molecule has 2 unspecified atom stereocenters. The van der Waals surface area contributed by atoms with Crippen LogP contribution < -0.4 is 10.6 Å². The van der Waals surface area contributed by atoms with Crippen LogP contribution in [0.5, 0.6) is 23.0 Å². The molecule has 1 aliphatic rings. The van der Waals surface area contributed by atoms with Crippen molar-refractivity contribution in [2.75, 3.05) is 13.1 Å². The molecule has 0 aromatic heterocycles. The van der Waals surface area contributed by atoms with E-state index in [-0.39, 0.29) is 23.4 Å². The summed E-state index contributed by atoms with van der Waals surface area (Å²) in [6.07, 6.45) is -4.85. The standard InChI is InChI=1S/C28H26N2O10.C2HF3O2/c31-16-8-6-14(7-9-16)26(36)30-18-13-29-10-2-5-22(18)40-28(39)15-11-20(33)24(21(34)12-15)25(35)23-17(27(37)38)3-1-4-19(23)32;3-2(4,5)1(6)7/h1,3-4,6-9,11-12,18,22,29,31-34H,2,5,10,13H2,(H,30,36)(H,37,38);(H,6,7). The first-order chi connectivity index (χ1) is 22.0. The number of hydrogen-bond acceptors (Lipinski definition) is 11. The first-order valence-corrected chi connectivity index (χ1v) is 13.5. The number of phenolic OH excluding ortho intramolecular Hbond substituents is 4.